The summed E-state index contributed by atoms with van der Waals surface area (Å²) in [4.78, 5) is 26.7. The zero-order chi connectivity index (χ0) is 19.1. The lowest BCUT2D eigenvalue weighted by Gasteiger charge is -2.35. The molecule has 8 nitrogen and oxygen atoms in total. The lowest BCUT2D eigenvalue weighted by atomic mass is 10.2. The number of ether oxygens (including phenoxy) is 1. The van der Waals surface area contributed by atoms with Crippen LogP contribution in [0, 0.1) is 0 Å². The summed E-state index contributed by atoms with van der Waals surface area (Å²) in [6.07, 6.45) is -0.159. The third kappa shape index (κ3) is 3.41. The number of hydrogen-bond acceptors (Lipinski definition) is 5. The fourth-order valence-electron chi connectivity index (χ4n) is 3.27. The van der Waals surface area contributed by atoms with Gasteiger partial charge in [-0.1, -0.05) is 0 Å². The monoisotopic (exact) mass is 381 g/mol. The van der Waals surface area contributed by atoms with E-state index >= 15 is 0 Å². The van der Waals surface area contributed by atoms with Crippen molar-refractivity contribution in [3.05, 3.63) is 18.2 Å². The molecule has 0 saturated carbocycles. The normalized spacial score (nSPS) is 21.1. The number of benzene rings is 1. The van der Waals surface area contributed by atoms with E-state index in [-0.39, 0.29) is 35.9 Å². The van der Waals surface area contributed by atoms with Crippen molar-refractivity contribution >= 4 is 27.5 Å². The van der Waals surface area contributed by atoms with E-state index in [9.17, 15) is 18.0 Å². The van der Waals surface area contributed by atoms with Crippen molar-refractivity contribution in [1.29, 1.82) is 0 Å². The Balaban J connectivity index is 1.89. The zero-order valence-corrected chi connectivity index (χ0v) is 16.0. The molecule has 142 valence electrons. The maximum Gasteiger partial charge on any atom is 0.243 e. The summed E-state index contributed by atoms with van der Waals surface area (Å²) in [6, 6.07) is 4.59. The number of carbonyl (C=O) groups is 2. The Morgan fingerprint density at radius 3 is 2.31 bits per heavy atom. The molecule has 1 fully saturated rings. The van der Waals surface area contributed by atoms with Crippen LogP contribution in [-0.4, -0.2) is 68.3 Å². The molecule has 0 aliphatic carbocycles. The highest BCUT2D eigenvalue weighted by atomic mass is 32.2. The van der Waals surface area contributed by atoms with Crippen LogP contribution in [0.15, 0.2) is 23.1 Å². The maximum atomic E-state index is 13.0. The molecule has 3 rings (SSSR count). The molecule has 0 N–H and O–H groups in total. The van der Waals surface area contributed by atoms with E-state index in [0.717, 1.165) is 0 Å². The van der Waals surface area contributed by atoms with Crippen LogP contribution in [0.2, 0.25) is 0 Å². The summed E-state index contributed by atoms with van der Waals surface area (Å²) in [5.41, 5.74) is 0.471. The predicted molar refractivity (Wildman–Crippen MR) is 95.6 cm³/mol. The second-order valence-corrected chi connectivity index (χ2v) is 8.54. The number of amides is 2. The average Bonchev–Trinajstić information content (AvgIpc) is 2.60. The van der Waals surface area contributed by atoms with Crippen LogP contribution in [0.4, 0.5) is 5.69 Å². The van der Waals surface area contributed by atoms with Gasteiger partial charge in [-0.15, -0.1) is 0 Å². The number of carbonyl (C=O) groups excluding carboxylic acids is 2. The van der Waals surface area contributed by atoms with Gasteiger partial charge in [0.15, 0.2) is 0 Å². The van der Waals surface area contributed by atoms with Gasteiger partial charge in [-0.25, -0.2) is 8.42 Å². The van der Waals surface area contributed by atoms with Gasteiger partial charge in [0, 0.05) is 40.0 Å². The smallest absolute Gasteiger partial charge is 0.243 e. The van der Waals surface area contributed by atoms with E-state index in [1.54, 1.807) is 11.0 Å². The Morgan fingerprint density at radius 1 is 1.08 bits per heavy atom. The van der Waals surface area contributed by atoms with Gasteiger partial charge in [0.2, 0.25) is 21.8 Å². The molecule has 0 bridgehead atoms. The van der Waals surface area contributed by atoms with Crippen molar-refractivity contribution in [1.82, 2.24) is 9.21 Å². The highest BCUT2D eigenvalue weighted by Gasteiger charge is 2.32. The number of nitrogens with zero attached hydrogens (tertiary/aromatic N) is 3. The third-order valence-electron chi connectivity index (χ3n) is 4.69. The van der Waals surface area contributed by atoms with Gasteiger partial charge in [0.1, 0.15) is 11.9 Å². The lowest BCUT2D eigenvalue weighted by Crippen LogP contribution is -2.50. The number of anilines is 1. The fraction of sp³-hybridized carbons (Fsp3) is 0.529. The highest BCUT2D eigenvalue weighted by molar-refractivity contribution is 7.89. The minimum atomic E-state index is -3.71. The summed E-state index contributed by atoms with van der Waals surface area (Å²) in [7, 11) is -3.71. The molecule has 1 atom stereocenters. The van der Waals surface area contributed by atoms with Crippen LogP contribution < -0.4 is 9.64 Å². The van der Waals surface area contributed by atoms with Crippen molar-refractivity contribution in [2.75, 3.05) is 37.6 Å². The van der Waals surface area contributed by atoms with Gasteiger partial charge in [-0.3, -0.25) is 9.59 Å². The Morgan fingerprint density at radius 2 is 1.73 bits per heavy atom. The molecular weight excluding hydrogens is 358 g/mol. The second-order valence-electron chi connectivity index (χ2n) is 6.60. The standard InChI is InChI=1S/C17H23N3O5S/c1-12-11-20(14(3)22)16-10-15(4-5-17(16)25-12)26(23,24)19-8-6-18(7-9-19)13(2)21/h4-5,10,12H,6-9,11H2,1-3H3. The molecule has 26 heavy (non-hydrogen) atoms. The number of sulfonamides is 1. The Kier molecular flexibility index (Phi) is 4.94. The Labute approximate surface area is 153 Å². The van der Waals surface area contributed by atoms with E-state index in [0.29, 0.717) is 31.1 Å². The Bertz CT molecular complexity index is 831. The van der Waals surface area contributed by atoms with Crippen molar-refractivity contribution < 1.29 is 22.7 Å². The van der Waals surface area contributed by atoms with Crippen molar-refractivity contribution in [3.63, 3.8) is 0 Å². The molecule has 2 heterocycles. The number of piperazine rings is 1. The van der Waals surface area contributed by atoms with Gasteiger partial charge in [-0.2, -0.15) is 4.31 Å². The van der Waals surface area contributed by atoms with Crippen LogP contribution in [0.25, 0.3) is 0 Å². The van der Waals surface area contributed by atoms with Gasteiger partial charge >= 0.3 is 0 Å². The predicted octanol–water partition coefficient (Wildman–Crippen LogP) is 0.673. The van der Waals surface area contributed by atoms with Crippen molar-refractivity contribution in [3.8, 4) is 5.75 Å². The number of hydrogen-bond donors (Lipinski definition) is 0. The maximum absolute atomic E-state index is 13.0. The summed E-state index contributed by atoms with van der Waals surface area (Å²) < 4.78 is 33.0. The first-order chi connectivity index (χ1) is 12.2. The SMILES string of the molecule is CC(=O)N1CCN(S(=O)(=O)c2ccc3c(c2)N(C(C)=O)CC(C)O3)CC1. The van der Waals surface area contributed by atoms with E-state index < -0.39 is 10.0 Å². The quantitative estimate of drug-likeness (QED) is 0.752. The van der Waals surface area contributed by atoms with E-state index in [2.05, 4.69) is 0 Å². The van der Waals surface area contributed by atoms with Gasteiger partial charge in [0.05, 0.1) is 17.1 Å². The molecular formula is C17H23N3O5S. The van der Waals surface area contributed by atoms with Crippen molar-refractivity contribution in [2.45, 2.75) is 31.8 Å². The van der Waals surface area contributed by atoms with Crippen LogP contribution >= 0.6 is 0 Å². The first kappa shape index (κ1) is 18.7. The molecule has 9 heteroatoms. The highest BCUT2D eigenvalue weighted by Crippen LogP contribution is 2.36. The molecule has 2 aliphatic heterocycles. The largest absolute Gasteiger partial charge is 0.487 e. The van der Waals surface area contributed by atoms with Gasteiger partial charge in [0.25, 0.3) is 0 Å². The van der Waals surface area contributed by atoms with Crippen LogP contribution in [0.1, 0.15) is 20.8 Å². The molecule has 2 amide bonds. The van der Waals surface area contributed by atoms with E-state index in [4.69, 9.17) is 4.74 Å². The zero-order valence-electron chi connectivity index (χ0n) is 15.1. The summed E-state index contributed by atoms with van der Waals surface area (Å²) in [5.74, 6) is 0.282. The summed E-state index contributed by atoms with van der Waals surface area (Å²) in [5, 5.41) is 0. The molecule has 1 saturated heterocycles. The minimum Gasteiger partial charge on any atom is -0.487 e. The molecule has 1 unspecified atom stereocenters. The van der Waals surface area contributed by atoms with Gasteiger partial charge in [-0.05, 0) is 25.1 Å². The first-order valence-electron chi connectivity index (χ1n) is 8.54. The van der Waals surface area contributed by atoms with Crippen molar-refractivity contribution in [2.24, 2.45) is 0 Å². The lowest BCUT2D eigenvalue weighted by molar-refractivity contribution is -0.130. The van der Waals surface area contributed by atoms with Crippen LogP contribution in [0.3, 0.4) is 0 Å². The molecule has 0 aromatic heterocycles. The third-order valence-corrected chi connectivity index (χ3v) is 6.59. The number of fused-ring (bicyclic) bond motifs is 1. The van der Waals surface area contributed by atoms with Gasteiger partial charge < -0.3 is 14.5 Å². The Hall–Kier alpha value is -2.13. The summed E-state index contributed by atoms with van der Waals surface area (Å²) >= 11 is 0. The average molecular weight is 381 g/mol. The molecule has 1 aromatic rings. The van der Waals surface area contributed by atoms with E-state index in [1.165, 1.54) is 35.2 Å². The second kappa shape index (κ2) is 6.88. The first-order valence-corrected chi connectivity index (χ1v) is 9.98. The van der Waals surface area contributed by atoms with E-state index in [1.807, 2.05) is 6.92 Å². The molecule has 0 spiro atoms. The fourth-order valence-corrected chi connectivity index (χ4v) is 4.71. The number of rotatable bonds is 2. The minimum absolute atomic E-state index is 0.0563. The van der Waals surface area contributed by atoms with Crippen LogP contribution in [-0.2, 0) is 19.6 Å². The molecule has 1 aromatic carbocycles. The molecule has 2 aliphatic rings. The summed E-state index contributed by atoms with van der Waals surface area (Å²) in [6.45, 7) is 6.42. The molecule has 0 radical (unpaired) electrons. The van der Waals surface area contributed by atoms with Crippen LogP contribution in [0.5, 0.6) is 5.75 Å². The topological polar surface area (TPSA) is 87.2 Å².